The van der Waals surface area contributed by atoms with Crippen LogP contribution in [0.1, 0.15) is 25.3 Å². The first-order valence-electron chi connectivity index (χ1n) is 6.26. The van der Waals surface area contributed by atoms with E-state index in [0.29, 0.717) is 6.42 Å². The van der Waals surface area contributed by atoms with Gasteiger partial charge >= 0.3 is 0 Å². The SMILES string of the molecule is CC(N)(Cc1cccc([N+](=O)[O-])c1)N1CCCC1. The van der Waals surface area contributed by atoms with Crippen molar-refractivity contribution in [1.82, 2.24) is 4.90 Å². The first-order valence-corrected chi connectivity index (χ1v) is 6.26. The summed E-state index contributed by atoms with van der Waals surface area (Å²) in [5.74, 6) is 0. The lowest BCUT2D eigenvalue weighted by Crippen LogP contribution is -2.53. The molecule has 5 nitrogen and oxygen atoms in total. The molecule has 1 aromatic carbocycles. The Morgan fingerprint density at radius 3 is 2.72 bits per heavy atom. The third-order valence-corrected chi connectivity index (χ3v) is 3.51. The molecule has 98 valence electrons. The second kappa shape index (κ2) is 5.04. The Morgan fingerprint density at radius 1 is 1.44 bits per heavy atom. The Kier molecular flexibility index (Phi) is 3.63. The molecule has 5 heteroatoms. The third-order valence-electron chi connectivity index (χ3n) is 3.51. The fraction of sp³-hybridized carbons (Fsp3) is 0.538. The number of non-ortho nitro benzene ring substituents is 1. The molecule has 0 amide bonds. The Labute approximate surface area is 107 Å². The number of nitrogens with two attached hydrogens (primary N) is 1. The molecule has 18 heavy (non-hydrogen) atoms. The van der Waals surface area contributed by atoms with Crippen molar-refractivity contribution in [3.63, 3.8) is 0 Å². The van der Waals surface area contributed by atoms with Crippen LogP contribution in [-0.4, -0.2) is 28.6 Å². The van der Waals surface area contributed by atoms with Crippen molar-refractivity contribution in [2.75, 3.05) is 13.1 Å². The van der Waals surface area contributed by atoms with Crippen molar-refractivity contribution in [3.8, 4) is 0 Å². The summed E-state index contributed by atoms with van der Waals surface area (Å²) in [6, 6.07) is 6.73. The number of hydrogen-bond acceptors (Lipinski definition) is 4. The molecular formula is C13H19N3O2. The molecule has 1 saturated heterocycles. The van der Waals surface area contributed by atoms with Crippen LogP contribution in [0, 0.1) is 10.1 Å². The second-order valence-electron chi connectivity index (χ2n) is 5.16. The summed E-state index contributed by atoms with van der Waals surface area (Å²) in [6.07, 6.45) is 3.00. The minimum absolute atomic E-state index is 0.129. The first kappa shape index (κ1) is 13.0. The van der Waals surface area contributed by atoms with Crippen LogP contribution in [0.2, 0.25) is 0 Å². The molecule has 0 aliphatic carbocycles. The average Bonchev–Trinajstić information content (AvgIpc) is 2.82. The lowest BCUT2D eigenvalue weighted by Gasteiger charge is -2.35. The number of benzene rings is 1. The highest BCUT2D eigenvalue weighted by atomic mass is 16.6. The number of hydrogen-bond donors (Lipinski definition) is 1. The van der Waals surface area contributed by atoms with Crippen molar-refractivity contribution in [1.29, 1.82) is 0 Å². The van der Waals surface area contributed by atoms with E-state index < -0.39 is 5.66 Å². The van der Waals surface area contributed by atoms with Gasteiger partial charge in [0.25, 0.3) is 5.69 Å². The van der Waals surface area contributed by atoms with Gasteiger partial charge in [-0.1, -0.05) is 12.1 Å². The zero-order chi connectivity index (χ0) is 13.2. The van der Waals surface area contributed by atoms with E-state index in [2.05, 4.69) is 4.90 Å². The maximum absolute atomic E-state index is 10.7. The van der Waals surface area contributed by atoms with Crippen LogP contribution in [-0.2, 0) is 6.42 Å². The zero-order valence-corrected chi connectivity index (χ0v) is 10.6. The summed E-state index contributed by atoms with van der Waals surface area (Å²) >= 11 is 0. The number of likely N-dealkylation sites (tertiary alicyclic amines) is 1. The number of nitrogens with zero attached hydrogens (tertiary/aromatic N) is 2. The maximum atomic E-state index is 10.7. The second-order valence-corrected chi connectivity index (χ2v) is 5.16. The molecule has 1 atom stereocenters. The molecule has 1 heterocycles. The van der Waals surface area contributed by atoms with E-state index in [0.717, 1.165) is 18.7 Å². The van der Waals surface area contributed by atoms with Gasteiger partial charge in [-0.15, -0.1) is 0 Å². The summed E-state index contributed by atoms with van der Waals surface area (Å²) in [5, 5.41) is 10.7. The van der Waals surface area contributed by atoms with Gasteiger partial charge < -0.3 is 5.73 Å². The van der Waals surface area contributed by atoms with E-state index in [-0.39, 0.29) is 10.6 Å². The predicted molar refractivity (Wildman–Crippen MR) is 70.2 cm³/mol. The van der Waals surface area contributed by atoms with E-state index in [4.69, 9.17) is 5.73 Å². The topological polar surface area (TPSA) is 72.4 Å². The molecule has 2 rings (SSSR count). The van der Waals surface area contributed by atoms with Crippen LogP contribution in [0.15, 0.2) is 24.3 Å². The largest absolute Gasteiger partial charge is 0.313 e. The van der Waals surface area contributed by atoms with E-state index in [1.165, 1.54) is 18.9 Å². The van der Waals surface area contributed by atoms with Crippen molar-refractivity contribution in [2.45, 2.75) is 31.8 Å². The van der Waals surface area contributed by atoms with Gasteiger partial charge in [0.15, 0.2) is 0 Å². The van der Waals surface area contributed by atoms with E-state index in [1.807, 2.05) is 13.0 Å². The minimum atomic E-state index is -0.425. The molecular weight excluding hydrogens is 230 g/mol. The first-order chi connectivity index (χ1) is 8.49. The van der Waals surface area contributed by atoms with Crippen LogP contribution in [0.4, 0.5) is 5.69 Å². The van der Waals surface area contributed by atoms with Gasteiger partial charge in [0.2, 0.25) is 0 Å². The van der Waals surface area contributed by atoms with Crippen LogP contribution in [0.5, 0.6) is 0 Å². The van der Waals surface area contributed by atoms with Crippen molar-refractivity contribution in [3.05, 3.63) is 39.9 Å². The van der Waals surface area contributed by atoms with Gasteiger partial charge in [0, 0.05) is 18.6 Å². The third kappa shape index (κ3) is 2.86. The zero-order valence-electron chi connectivity index (χ0n) is 10.6. The van der Waals surface area contributed by atoms with Crippen LogP contribution in [0.25, 0.3) is 0 Å². The van der Waals surface area contributed by atoms with Crippen LogP contribution < -0.4 is 5.73 Å². The molecule has 0 aromatic heterocycles. The molecule has 0 spiro atoms. The molecule has 1 unspecified atom stereocenters. The Bertz CT molecular complexity index is 440. The molecule has 0 bridgehead atoms. The smallest absolute Gasteiger partial charge is 0.269 e. The molecule has 0 radical (unpaired) electrons. The summed E-state index contributed by atoms with van der Waals surface area (Å²) in [4.78, 5) is 12.6. The average molecular weight is 249 g/mol. The fourth-order valence-corrected chi connectivity index (χ4v) is 2.53. The summed E-state index contributed by atoms with van der Waals surface area (Å²) in [7, 11) is 0. The van der Waals surface area contributed by atoms with Crippen molar-refractivity contribution >= 4 is 5.69 Å². The molecule has 0 saturated carbocycles. The van der Waals surface area contributed by atoms with E-state index in [1.54, 1.807) is 12.1 Å². The Hall–Kier alpha value is -1.46. The predicted octanol–water partition coefficient (Wildman–Crippen LogP) is 1.91. The van der Waals surface area contributed by atoms with Gasteiger partial charge in [0.05, 0.1) is 10.6 Å². The quantitative estimate of drug-likeness (QED) is 0.653. The maximum Gasteiger partial charge on any atom is 0.269 e. The summed E-state index contributed by atoms with van der Waals surface area (Å²) in [6.45, 7) is 4.03. The normalized spacial score (nSPS) is 19.7. The highest BCUT2D eigenvalue weighted by molar-refractivity contribution is 5.35. The molecule has 1 fully saturated rings. The number of nitro benzene ring substituents is 1. The minimum Gasteiger partial charge on any atom is -0.313 e. The lowest BCUT2D eigenvalue weighted by molar-refractivity contribution is -0.384. The Balaban J connectivity index is 2.12. The Morgan fingerprint density at radius 2 is 2.11 bits per heavy atom. The van der Waals surface area contributed by atoms with Crippen LogP contribution in [0.3, 0.4) is 0 Å². The highest BCUT2D eigenvalue weighted by Crippen LogP contribution is 2.22. The van der Waals surface area contributed by atoms with E-state index >= 15 is 0 Å². The number of rotatable bonds is 4. The molecule has 1 aliphatic rings. The molecule has 1 aromatic rings. The number of nitro groups is 1. The molecule has 1 aliphatic heterocycles. The van der Waals surface area contributed by atoms with Crippen LogP contribution >= 0.6 is 0 Å². The fourth-order valence-electron chi connectivity index (χ4n) is 2.53. The van der Waals surface area contributed by atoms with Crippen molar-refractivity contribution < 1.29 is 4.92 Å². The summed E-state index contributed by atoms with van der Waals surface area (Å²) in [5.41, 5.74) is 6.96. The van der Waals surface area contributed by atoms with Gasteiger partial charge in [-0.3, -0.25) is 15.0 Å². The molecule has 2 N–H and O–H groups in total. The lowest BCUT2D eigenvalue weighted by atomic mass is 10.0. The standard InChI is InChI=1S/C13H19N3O2/c1-13(14,15-7-2-3-8-15)10-11-5-4-6-12(9-11)16(17)18/h4-6,9H,2-3,7-8,10,14H2,1H3. The summed E-state index contributed by atoms with van der Waals surface area (Å²) < 4.78 is 0. The van der Waals surface area contributed by atoms with Gasteiger partial charge in [-0.25, -0.2) is 0 Å². The van der Waals surface area contributed by atoms with Gasteiger partial charge in [-0.05, 0) is 38.4 Å². The monoisotopic (exact) mass is 249 g/mol. The van der Waals surface area contributed by atoms with Gasteiger partial charge in [0.1, 0.15) is 0 Å². The van der Waals surface area contributed by atoms with Gasteiger partial charge in [-0.2, -0.15) is 0 Å². The highest BCUT2D eigenvalue weighted by Gasteiger charge is 2.29. The van der Waals surface area contributed by atoms with E-state index in [9.17, 15) is 10.1 Å². The van der Waals surface area contributed by atoms with Crippen molar-refractivity contribution in [2.24, 2.45) is 5.73 Å².